The highest BCUT2D eigenvalue weighted by Crippen LogP contribution is 2.28. The third-order valence-electron chi connectivity index (χ3n) is 5.01. The number of hydrazine groups is 1. The average Bonchev–Trinajstić information content (AvgIpc) is 2.99. The van der Waals surface area contributed by atoms with Gasteiger partial charge in [-0.1, -0.05) is 59.8 Å². The van der Waals surface area contributed by atoms with Crippen LogP contribution in [0.2, 0.25) is 15.1 Å². The standard InChI is InChI=1S/C22H25Cl3N4O/c23-17-8-5-16(6-9-17)7-11-21(22(30)28-29-13-3-1-2-4-14-29)27-26-20-12-10-18(24)15-19(20)25/h5-6,8-10,12,15,21H,1-4,7,11,13-14H2,(H,28,30). The molecule has 1 fully saturated rings. The van der Waals surface area contributed by atoms with Gasteiger partial charge in [0.05, 0.1) is 5.02 Å². The van der Waals surface area contributed by atoms with Crippen molar-refractivity contribution in [3.05, 3.63) is 63.1 Å². The van der Waals surface area contributed by atoms with Gasteiger partial charge in [-0.3, -0.25) is 10.2 Å². The van der Waals surface area contributed by atoms with E-state index < -0.39 is 6.04 Å². The lowest BCUT2D eigenvalue weighted by atomic mass is 10.1. The number of carbonyl (C=O) groups is 1. The number of rotatable bonds is 7. The lowest BCUT2D eigenvalue weighted by molar-refractivity contribution is -0.127. The van der Waals surface area contributed by atoms with Crippen LogP contribution in [0.5, 0.6) is 0 Å². The van der Waals surface area contributed by atoms with Crippen LogP contribution in [0.4, 0.5) is 5.69 Å². The summed E-state index contributed by atoms with van der Waals surface area (Å²) in [6.45, 7) is 1.71. The van der Waals surface area contributed by atoms with E-state index >= 15 is 0 Å². The van der Waals surface area contributed by atoms with Crippen molar-refractivity contribution in [3.63, 3.8) is 0 Å². The summed E-state index contributed by atoms with van der Waals surface area (Å²) < 4.78 is 0. The normalized spacial score (nSPS) is 16.4. The zero-order valence-electron chi connectivity index (χ0n) is 16.7. The van der Waals surface area contributed by atoms with E-state index in [1.165, 1.54) is 12.8 Å². The van der Waals surface area contributed by atoms with Crippen LogP contribution < -0.4 is 5.43 Å². The van der Waals surface area contributed by atoms with E-state index in [4.69, 9.17) is 34.8 Å². The third-order valence-corrected chi connectivity index (χ3v) is 5.80. The van der Waals surface area contributed by atoms with Crippen molar-refractivity contribution in [1.82, 2.24) is 10.4 Å². The molecule has 1 aliphatic heterocycles. The Morgan fingerprint density at radius 3 is 2.30 bits per heavy atom. The Balaban J connectivity index is 1.71. The van der Waals surface area contributed by atoms with Crippen molar-refractivity contribution in [2.75, 3.05) is 13.1 Å². The van der Waals surface area contributed by atoms with E-state index in [0.717, 1.165) is 31.5 Å². The maximum atomic E-state index is 13.0. The molecule has 160 valence electrons. The SMILES string of the molecule is O=C(NN1CCCCCC1)C(CCc1ccc(Cl)cc1)N=Nc1ccc(Cl)cc1Cl. The van der Waals surface area contributed by atoms with Gasteiger partial charge in [0.2, 0.25) is 0 Å². The molecule has 0 radical (unpaired) electrons. The monoisotopic (exact) mass is 466 g/mol. The summed E-state index contributed by atoms with van der Waals surface area (Å²) in [5, 5.41) is 12.2. The summed E-state index contributed by atoms with van der Waals surface area (Å²) in [6.07, 6.45) is 5.76. The first kappa shape index (κ1) is 23.0. The summed E-state index contributed by atoms with van der Waals surface area (Å²) in [4.78, 5) is 13.0. The summed E-state index contributed by atoms with van der Waals surface area (Å²) in [7, 11) is 0. The molecule has 1 N–H and O–H groups in total. The van der Waals surface area contributed by atoms with Crippen molar-refractivity contribution in [2.45, 2.75) is 44.6 Å². The molecule has 30 heavy (non-hydrogen) atoms. The molecule has 1 unspecified atom stereocenters. The van der Waals surface area contributed by atoms with Gasteiger partial charge in [0.1, 0.15) is 5.69 Å². The molecule has 1 atom stereocenters. The second-order valence-corrected chi connectivity index (χ2v) is 8.65. The minimum absolute atomic E-state index is 0.153. The Bertz CT molecular complexity index is 865. The highest BCUT2D eigenvalue weighted by molar-refractivity contribution is 6.36. The Kier molecular flexibility index (Phi) is 8.94. The van der Waals surface area contributed by atoms with Crippen LogP contribution in [-0.4, -0.2) is 30.0 Å². The van der Waals surface area contributed by atoms with E-state index in [2.05, 4.69) is 15.7 Å². The predicted molar refractivity (Wildman–Crippen MR) is 123 cm³/mol. The zero-order chi connectivity index (χ0) is 21.3. The van der Waals surface area contributed by atoms with E-state index in [1.54, 1.807) is 18.2 Å². The molecule has 1 heterocycles. The molecule has 5 nitrogen and oxygen atoms in total. The summed E-state index contributed by atoms with van der Waals surface area (Å²) in [5.41, 5.74) is 4.61. The van der Waals surface area contributed by atoms with Crippen molar-refractivity contribution in [1.29, 1.82) is 0 Å². The van der Waals surface area contributed by atoms with Gasteiger partial charge in [-0.25, -0.2) is 5.01 Å². The largest absolute Gasteiger partial charge is 0.287 e. The number of azo groups is 1. The highest BCUT2D eigenvalue weighted by atomic mass is 35.5. The van der Waals surface area contributed by atoms with Gasteiger partial charge in [0.25, 0.3) is 5.91 Å². The number of nitrogens with zero attached hydrogens (tertiary/aromatic N) is 3. The first-order chi connectivity index (χ1) is 14.5. The van der Waals surface area contributed by atoms with Crippen LogP contribution in [-0.2, 0) is 11.2 Å². The molecular weight excluding hydrogens is 443 g/mol. The number of halogens is 3. The fraction of sp³-hybridized carbons (Fsp3) is 0.409. The fourth-order valence-corrected chi connectivity index (χ4v) is 3.88. The van der Waals surface area contributed by atoms with Gasteiger partial charge in [0, 0.05) is 23.1 Å². The molecule has 0 aliphatic carbocycles. The molecule has 2 aromatic carbocycles. The molecule has 0 aromatic heterocycles. The van der Waals surface area contributed by atoms with Crippen LogP contribution in [0.1, 0.15) is 37.7 Å². The Morgan fingerprint density at radius 1 is 0.967 bits per heavy atom. The number of hydrogen-bond donors (Lipinski definition) is 1. The smallest absolute Gasteiger partial charge is 0.261 e. The van der Waals surface area contributed by atoms with Gasteiger partial charge in [-0.2, -0.15) is 10.2 Å². The lowest BCUT2D eigenvalue weighted by Crippen LogP contribution is -2.46. The van der Waals surface area contributed by atoms with E-state index in [0.29, 0.717) is 33.6 Å². The Morgan fingerprint density at radius 2 is 1.63 bits per heavy atom. The molecule has 1 amide bonds. The topological polar surface area (TPSA) is 57.1 Å². The molecule has 2 aromatic rings. The Hall–Kier alpha value is -1.66. The van der Waals surface area contributed by atoms with E-state index in [1.807, 2.05) is 29.3 Å². The van der Waals surface area contributed by atoms with Gasteiger partial charge in [-0.15, -0.1) is 0 Å². The fourth-order valence-electron chi connectivity index (χ4n) is 3.30. The molecular formula is C22H25Cl3N4O. The first-order valence-corrected chi connectivity index (χ1v) is 11.3. The number of benzene rings is 2. The second-order valence-electron chi connectivity index (χ2n) is 7.37. The summed E-state index contributed by atoms with van der Waals surface area (Å²) in [6, 6.07) is 12.0. The van der Waals surface area contributed by atoms with Crippen LogP contribution in [0, 0.1) is 0 Å². The maximum Gasteiger partial charge on any atom is 0.261 e. The molecule has 1 aliphatic rings. The summed E-state index contributed by atoms with van der Waals surface area (Å²) in [5.74, 6) is -0.153. The molecule has 1 saturated heterocycles. The molecule has 3 rings (SSSR count). The maximum absolute atomic E-state index is 13.0. The first-order valence-electron chi connectivity index (χ1n) is 10.2. The van der Waals surface area contributed by atoms with Crippen LogP contribution in [0.3, 0.4) is 0 Å². The van der Waals surface area contributed by atoms with Gasteiger partial charge < -0.3 is 0 Å². The van der Waals surface area contributed by atoms with Gasteiger partial charge >= 0.3 is 0 Å². The minimum atomic E-state index is -0.629. The number of amides is 1. The average molecular weight is 468 g/mol. The molecule has 0 spiro atoms. The van der Waals surface area contributed by atoms with E-state index in [-0.39, 0.29) is 5.91 Å². The van der Waals surface area contributed by atoms with Crippen molar-refractivity contribution >= 4 is 46.4 Å². The Labute approximate surface area is 192 Å². The number of hydrogen-bond acceptors (Lipinski definition) is 4. The molecule has 0 saturated carbocycles. The third kappa shape index (κ3) is 7.24. The second kappa shape index (κ2) is 11.7. The van der Waals surface area contributed by atoms with Crippen molar-refractivity contribution < 1.29 is 4.79 Å². The summed E-state index contributed by atoms with van der Waals surface area (Å²) >= 11 is 18.1. The molecule has 0 bridgehead atoms. The van der Waals surface area contributed by atoms with E-state index in [9.17, 15) is 4.79 Å². The zero-order valence-corrected chi connectivity index (χ0v) is 18.9. The lowest BCUT2D eigenvalue weighted by Gasteiger charge is -2.22. The highest BCUT2D eigenvalue weighted by Gasteiger charge is 2.21. The van der Waals surface area contributed by atoms with Crippen molar-refractivity contribution in [2.24, 2.45) is 10.2 Å². The minimum Gasteiger partial charge on any atom is -0.287 e. The number of nitrogens with one attached hydrogen (secondary N) is 1. The van der Waals surface area contributed by atoms with Gasteiger partial charge in [-0.05, 0) is 61.6 Å². The van der Waals surface area contributed by atoms with Crippen molar-refractivity contribution in [3.8, 4) is 0 Å². The van der Waals surface area contributed by atoms with Crippen LogP contribution in [0.25, 0.3) is 0 Å². The number of aryl methyl sites for hydroxylation is 1. The van der Waals surface area contributed by atoms with Crippen LogP contribution in [0.15, 0.2) is 52.7 Å². The number of carbonyl (C=O) groups excluding carboxylic acids is 1. The van der Waals surface area contributed by atoms with Crippen LogP contribution >= 0.6 is 34.8 Å². The molecule has 8 heteroatoms. The quantitative estimate of drug-likeness (QED) is 0.464. The predicted octanol–water partition coefficient (Wildman–Crippen LogP) is 6.64. The van der Waals surface area contributed by atoms with Gasteiger partial charge in [0.15, 0.2) is 6.04 Å².